The van der Waals surface area contributed by atoms with Crippen LogP contribution in [0.15, 0.2) is 30.5 Å². The highest BCUT2D eigenvalue weighted by atomic mass is 16.6. The van der Waals surface area contributed by atoms with Crippen molar-refractivity contribution in [3.05, 3.63) is 36.0 Å². The molecule has 0 bridgehead atoms. The van der Waals surface area contributed by atoms with Crippen LogP contribution in [0.25, 0.3) is 10.9 Å². The second-order valence-corrected chi connectivity index (χ2v) is 9.86. The minimum atomic E-state index is -0.820. The molecule has 1 heterocycles. The van der Waals surface area contributed by atoms with Crippen LogP contribution in [0.5, 0.6) is 0 Å². The Morgan fingerprint density at radius 1 is 1.00 bits per heavy atom. The normalized spacial score (nSPS) is 12.8. The first kappa shape index (κ1) is 26.2. The van der Waals surface area contributed by atoms with Gasteiger partial charge in [-0.05, 0) is 79.4 Å². The number of hydrogen-bond acceptors (Lipinski definition) is 6. The summed E-state index contributed by atoms with van der Waals surface area (Å²) >= 11 is 0. The molecule has 0 saturated heterocycles. The molecule has 1 N–H and O–H groups in total. The van der Waals surface area contributed by atoms with Crippen LogP contribution in [0.1, 0.15) is 66.9 Å². The molecule has 2 rings (SSSR count). The zero-order valence-electron chi connectivity index (χ0n) is 20.7. The molecule has 2 aromatic rings. The van der Waals surface area contributed by atoms with Crippen LogP contribution in [0, 0.1) is 0 Å². The molecule has 0 aliphatic rings. The van der Waals surface area contributed by atoms with E-state index in [-0.39, 0.29) is 6.61 Å². The Kier molecular flexibility index (Phi) is 8.52. The van der Waals surface area contributed by atoms with Gasteiger partial charge in [0.25, 0.3) is 0 Å². The monoisotopic (exact) mass is 460 g/mol. The lowest BCUT2D eigenvalue weighted by Gasteiger charge is -2.22. The molecule has 0 saturated carbocycles. The van der Waals surface area contributed by atoms with E-state index >= 15 is 0 Å². The number of benzene rings is 1. The number of alkyl carbamates (subject to hydrolysis) is 1. The number of nitrogens with one attached hydrogen (secondary N) is 1. The Morgan fingerprint density at radius 3 is 2.24 bits per heavy atom. The number of para-hydroxylation sites is 1. The van der Waals surface area contributed by atoms with Crippen molar-refractivity contribution in [1.82, 2.24) is 9.88 Å². The Balaban J connectivity index is 2.14. The van der Waals surface area contributed by atoms with E-state index in [9.17, 15) is 14.4 Å². The minimum absolute atomic E-state index is 0.217. The lowest BCUT2D eigenvalue weighted by atomic mass is 10.0. The van der Waals surface area contributed by atoms with Crippen LogP contribution in [-0.2, 0) is 25.4 Å². The highest BCUT2D eigenvalue weighted by Crippen LogP contribution is 2.24. The number of carbonyl (C=O) groups is 3. The summed E-state index contributed by atoms with van der Waals surface area (Å²) in [4.78, 5) is 37.2. The van der Waals surface area contributed by atoms with Crippen LogP contribution in [0.4, 0.5) is 9.59 Å². The van der Waals surface area contributed by atoms with E-state index in [0.717, 1.165) is 16.5 Å². The summed E-state index contributed by atoms with van der Waals surface area (Å²) in [5.41, 5.74) is 0.433. The van der Waals surface area contributed by atoms with Crippen LogP contribution >= 0.6 is 0 Å². The van der Waals surface area contributed by atoms with E-state index in [2.05, 4.69) is 5.32 Å². The highest BCUT2D eigenvalue weighted by Gasteiger charge is 2.26. The molecule has 0 radical (unpaired) electrons. The lowest BCUT2D eigenvalue weighted by Crippen LogP contribution is -2.44. The van der Waals surface area contributed by atoms with Gasteiger partial charge in [-0.2, -0.15) is 0 Å². The largest absolute Gasteiger partial charge is 0.464 e. The fourth-order valence-electron chi connectivity index (χ4n) is 3.35. The smallest absolute Gasteiger partial charge is 0.419 e. The lowest BCUT2D eigenvalue weighted by molar-refractivity contribution is -0.145. The summed E-state index contributed by atoms with van der Waals surface area (Å²) < 4.78 is 17.4. The maximum atomic E-state index is 12.7. The topological polar surface area (TPSA) is 95.9 Å². The summed E-state index contributed by atoms with van der Waals surface area (Å²) in [6, 6.07) is 6.78. The molecule has 1 atom stereocenters. The molecule has 182 valence electrons. The molecule has 1 aromatic carbocycles. The van der Waals surface area contributed by atoms with Gasteiger partial charge in [0.1, 0.15) is 17.2 Å². The van der Waals surface area contributed by atoms with Crippen molar-refractivity contribution < 1.29 is 28.6 Å². The first-order valence-corrected chi connectivity index (χ1v) is 11.3. The molecule has 0 aliphatic heterocycles. The van der Waals surface area contributed by atoms with E-state index in [1.165, 1.54) is 4.57 Å². The van der Waals surface area contributed by atoms with Crippen LogP contribution < -0.4 is 5.32 Å². The zero-order valence-corrected chi connectivity index (χ0v) is 20.7. The number of esters is 1. The van der Waals surface area contributed by atoms with Crippen molar-refractivity contribution in [3.63, 3.8) is 0 Å². The van der Waals surface area contributed by atoms with Crippen molar-refractivity contribution >= 4 is 29.1 Å². The third-order valence-corrected chi connectivity index (χ3v) is 4.59. The zero-order chi connectivity index (χ0) is 24.8. The summed E-state index contributed by atoms with van der Waals surface area (Å²) in [6.45, 7) is 12.7. The average molecular weight is 461 g/mol. The summed E-state index contributed by atoms with van der Waals surface area (Å²) in [5.74, 6) is -0.500. The molecule has 33 heavy (non-hydrogen) atoms. The van der Waals surface area contributed by atoms with E-state index < -0.39 is 35.4 Å². The van der Waals surface area contributed by atoms with Crippen LogP contribution in [-0.4, -0.2) is 46.6 Å². The number of hydrogen-bond donors (Lipinski definition) is 1. The highest BCUT2D eigenvalue weighted by molar-refractivity contribution is 5.92. The summed E-state index contributed by atoms with van der Waals surface area (Å²) in [5, 5.41) is 3.56. The van der Waals surface area contributed by atoms with Gasteiger partial charge >= 0.3 is 18.2 Å². The first-order valence-electron chi connectivity index (χ1n) is 11.3. The predicted octanol–water partition coefficient (Wildman–Crippen LogP) is 5.20. The van der Waals surface area contributed by atoms with E-state index in [4.69, 9.17) is 14.2 Å². The van der Waals surface area contributed by atoms with Crippen molar-refractivity contribution in [2.45, 2.75) is 85.0 Å². The number of nitrogens with zero attached hydrogens (tertiary/aromatic N) is 1. The fraction of sp³-hybridized carbons (Fsp3) is 0.560. The molecule has 8 nitrogen and oxygen atoms in total. The number of amides is 1. The van der Waals surface area contributed by atoms with Gasteiger partial charge in [0.05, 0.1) is 12.1 Å². The van der Waals surface area contributed by atoms with Gasteiger partial charge in [-0.25, -0.2) is 14.4 Å². The maximum Gasteiger partial charge on any atom is 0.419 e. The number of ether oxygens (including phenoxy) is 3. The van der Waals surface area contributed by atoms with Crippen molar-refractivity contribution in [1.29, 1.82) is 0 Å². The summed E-state index contributed by atoms with van der Waals surface area (Å²) in [7, 11) is 0. The summed E-state index contributed by atoms with van der Waals surface area (Å²) in [6.07, 6.45) is 2.22. The minimum Gasteiger partial charge on any atom is -0.464 e. The third-order valence-electron chi connectivity index (χ3n) is 4.59. The molecule has 0 fully saturated rings. The van der Waals surface area contributed by atoms with Crippen LogP contribution in [0.2, 0.25) is 0 Å². The average Bonchev–Trinajstić information content (AvgIpc) is 3.04. The maximum absolute atomic E-state index is 12.7. The van der Waals surface area contributed by atoms with Crippen molar-refractivity contribution in [2.24, 2.45) is 0 Å². The number of fused-ring (bicyclic) bond motifs is 1. The number of carbonyl (C=O) groups excluding carboxylic acids is 3. The first-order chi connectivity index (χ1) is 15.3. The van der Waals surface area contributed by atoms with Gasteiger partial charge in [0.15, 0.2) is 0 Å². The van der Waals surface area contributed by atoms with Gasteiger partial charge in [-0.1, -0.05) is 18.2 Å². The molecule has 1 amide bonds. The Hall–Kier alpha value is -3.03. The quantitative estimate of drug-likeness (QED) is 0.450. The van der Waals surface area contributed by atoms with Crippen LogP contribution in [0.3, 0.4) is 0 Å². The SMILES string of the molecule is CCOC(=O)C(CCCc1cn(C(=O)OC(C)(C)C)c2ccccc12)NC(=O)OC(C)(C)C. The van der Waals surface area contributed by atoms with Gasteiger partial charge in [0.2, 0.25) is 0 Å². The molecular formula is C25H36N2O6. The number of aryl methyl sites for hydroxylation is 1. The number of rotatable bonds is 7. The third kappa shape index (κ3) is 8.11. The molecule has 0 aliphatic carbocycles. The van der Waals surface area contributed by atoms with Crippen molar-refractivity contribution in [2.75, 3.05) is 6.61 Å². The van der Waals surface area contributed by atoms with Gasteiger partial charge in [-0.15, -0.1) is 0 Å². The van der Waals surface area contributed by atoms with Gasteiger partial charge in [-0.3, -0.25) is 4.57 Å². The molecule has 1 aromatic heterocycles. The molecule has 8 heteroatoms. The van der Waals surface area contributed by atoms with Gasteiger partial charge in [0, 0.05) is 11.6 Å². The van der Waals surface area contributed by atoms with Gasteiger partial charge < -0.3 is 19.5 Å². The molecule has 0 spiro atoms. The fourth-order valence-corrected chi connectivity index (χ4v) is 3.35. The Bertz CT molecular complexity index is 981. The van der Waals surface area contributed by atoms with E-state index in [0.29, 0.717) is 19.3 Å². The molecule has 1 unspecified atom stereocenters. The standard InChI is InChI=1S/C25H36N2O6/c1-8-31-21(28)19(26-22(29)32-24(2,3)4)14-11-12-17-16-27(23(30)33-25(5,6)7)20-15-10-9-13-18(17)20/h9-10,13,15-16,19H,8,11-12,14H2,1-7H3,(H,26,29). The Morgan fingerprint density at radius 2 is 1.64 bits per heavy atom. The predicted molar refractivity (Wildman–Crippen MR) is 126 cm³/mol. The Labute approximate surface area is 195 Å². The van der Waals surface area contributed by atoms with Crippen molar-refractivity contribution in [3.8, 4) is 0 Å². The van der Waals surface area contributed by atoms with E-state index in [1.807, 2.05) is 45.0 Å². The second kappa shape index (κ2) is 10.7. The molecular weight excluding hydrogens is 424 g/mol. The second-order valence-electron chi connectivity index (χ2n) is 9.86. The van der Waals surface area contributed by atoms with E-state index in [1.54, 1.807) is 33.9 Å². The number of aromatic nitrogens is 1.